The second kappa shape index (κ2) is 4.25. The topological polar surface area (TPSA) is 30.9 Å². The van der Waals surface area contributed by atoms with Crippen molar-refractivity contribution in [1.29, 1.82) is 0 Å². The van der Waals surface area contributed by atoms with E-state index in [-0.39, 0.29) is 5.41 Å². The lowest BCUT2D eigenvalue weighted by molar-refractivity contribution is 0.299. The standard InChI is InChI=1S/C14H24N2/c1-11-9-13(12(2)16(11)3)14(10-15)7-5-4-6-8-14/h9H,4-8,10,15H2,1-3H3. The zero-order valence-electron chi connectivity index (χ0n) is 10.8. The first-order valence-corrected chi connectivity index (χ1v) is 6.44. The van der Waals surface area contributed by atoms with E-state index in [1.165, 1.54) is 49.1 Å². The first kappa shape index (κ1) is 11.7. The number of hydrogen-bond acceptors (Lipinski definition) is 1. The quantitative estimate of drug-likeness (QED) is 0.816. The molecule has 1 aromatic heterocycles. The van der Waals surface area contributed by atoms with Gasteiger partial charge in [-0.05, 0) is 38.3 Å². The third kappa shape index (κ3) is 1.69. The van der Waals surface area contributed by atoms with E-state index in [1.54, 1.807) is 0 Å². The monoisotopic (exact) mass is 220 g/mol. The van der Waals surface area contributed by atoms with Crippen LogP contribution in [0.25, 0.3) is 0 Å². The lowest BCUT2D eigenvalue weighted by Crippen LogP contribution is -2.37. The molecule has 1 saturated carbocycles. The highest BCUT2D eigenvalue weighted by Gasteiger charge is 2.34. The third-order valence-corrected chi connectivity index (χ3v) is 4.55. The van der Waals surface area contributed by atoms with Crippen molar-refractivity contribution in [3.05, 3.63) is 23.0 Å². The van der Waals surface area contributed by atoms with Gasteiger partial charge in [0.05, 0.1) is 0 Å². The molecule has 0 saturated heterocycles. The molecule has 1 heterocycles. The van der Waals surface area contributed by atoms with Gasteiger partial charge in [-0.3, -0.25) is 0 Å². The Kier molecular flexibility index (Phi) is 3.11. The fourth-order valence-electron chi connectivity index (χ4n) is 3.20. The van der Waals surface area contributed by atoms with Gasteiger partial charge in [0, 0.05) is 30.4 Å². The summed E-state index contributed by atoms with van der Waals surface area (Å²) < 4.78 is 2.29. The van der Waals surface area contributed by atoms with E-state index >= 15 is 0 Å². The van der Waals surface area contributed by atoms with Gasteiger partial charge in [-0.15, -0.1) is 0 Å². The Morgan fingerprint density at radius 3 is 2.31 bits per heavy atom. The summed E-state index contributed by atoms with van der Waals surface area (Å²) >= 11 is 0. The van der Waals surface area contributed by atoms with E-state index in [2.05, 4.69) is 31.5 Å². The second-order valence-electron chi connectivity index (χ2n) is 5.39. The lowest BCUT2D eigenvalue weighted by atomic mass is 9.69. The van der Waals surface area contributed by atoms with Crippen LogP contribution in [0.3, 0.4) is 0 Å². The number of rotatable bonds is 2. The number of aryl methyl sites for hydroxylation is 1. The minimum absolute atomic E-state index is 0.272. The molecule has 2 heteroatoms. The average molecular weight is 220 g/mol. The van der Waals surface area contributed by atoms with Crippen LogP contribution >= 0.6 is 0 Å². The smallest absolute Gasteiger partial charge is 0.0181 e. The number of aromatic nitrogens is 1. The zero-order valence-corrected chi connectivity index (χ0v) is 10.8. The van der Waals surface area contributed by atoms with Crippen molar-refractivity contribution < 1.29 is 0 Å². The Morgan fingerprint density at radius 2 is 1.88 bits per heavy atom. The average Bonchev–Trinajstić information content (AvgIpc) is 2.58. The van der Waals surface area contributed by atoms with Crippen LogP contribution in [-0.2, 0) is 12.5 Å². The Hall–Kier alpha value is -0.760. The van der Waals surface area contributed by atoms with Gasteiger partial charge in [-0.2, -0.15) is 0 Å². The molecule has 1 aliphatic rings. The van der Waals surface area contributed by atoms with Crippen molar-refractivity contribution in [2.75, 3.05) is 6.54 Å². The Labute approximate surface area is 98.8 Å². The fourth-order valence-corrected chi connectivity index (χ4v) is 3.20. The molecule has 2 rings (SSSR count). The Morgan fingerprint density at radius 1 is 1.25 bits per heavy atom. The van der Waals surface area contributed by atoms with Crippen molar-refractivity contribution in [1.82, 2.24) is 4.57 Å². The molecule has 90 valence electrons. The molecule has 2 N–H and O–H groups in total. The summed E-state index contributed by atoms with van der Waals surface area (Å²) in [5.41, 5.74) is 10.6. The summed E-state index contributed by atoms with van der Waals surface area (Å²) in [6.07, 6.45) is 6.60. The van der Waals surface area contributed by atoms with E-state index in [4.69, 9.17) is 5.73 Å². The van der Waals surface area contributed by atoms with Gasteiger partial charge < -0.3 is 10.3 Å². The van der Waals surface area contributed by atoms with E-state index < -0.39 is 0 Å². The first-order valence-electron chi connectivity index (χ1n) is 6.44. The maximum Gasteiger partial charge on any atom is 0.0181 e. The molecule has 0 spiro atoms. The molecule has 0 radical (unpaired) electrons. The Bertz CT molecular complexity index is 370. The minimum atomic E-state index is 0.272. The molecular formula is C14H24N2. The lowest BCUT2D eigenvalue weighted by Gasteiger charge is -2.36. The molecule has 0 unspecified atom stereocenters. The van der Waals surface area contributed by atoms with E-state index in [9.17, 15) is 0 Å². The van der Waals surface area contributed by atoms with Crippen LogP contribution in [0.1, 0.15) is 49.1 Å². The molecule has 1 fully saturated rings. The van der Waals surface area contributed by atoms with E-state index in [1.807, 2.05) is 0 Å². The Balaban J connectivity index is 2.43. The maximum atomic E-state index is 6.09. The number of nitrogens with zero attached hydrogens (tertiary/aromatic N) is 1. The summed E-state index contributed by atoms with van der Waals surface area (Å²) in [5, 5.41) is 0. The molecule has 16 heavy (non-hydrogen) atoms. The summed E-state index contributed by atoms with van der Waals surface area (Å²) in [7, 11) is 2.15. The van der Waals surface area contributed by atoms with Crippen LogP contribution in [-0.4, -0.2) is 11.1 Å². The van der Waals surface area contributed by atoms with Crippen LogP contribution in [0, 0.1) is 13.8 Å². The highest BCUT2D eigenvalue weighted by atomic mass is 15.0. The molecule has 2 nitrogen and oxygen atoms in total. The van der Waals surface area contributed by atoms with Gasteiger partial charge in [-0.25, -0.2) is 0 Å². The van der Waals surface area contributed by atoms with E-state index in [0.29, 0.717) is 0 Å². The molecule has 0 bridgehead atoms. The van der Waals surface area contributed by atoms with Gasteiger partial charge in [0.2, 0.25) is 0 Å². The highest BCUT2D eigenvalue weighted by molar-refractivity contribution is 5.35. The van der Waals surface area contributed by atoms with E-state index in [0.717, 1.165) is 6.54 Å². The highest BCUT2D eigenvalue weighted by Crippen LogP contribution is 2.40. The summed E-state index contributed by atoms with van der Waals surface area (Å²) in [6.45, 7) is 5.22. The summed E-state index contributed by atoms with van der Waals surface area (Å²) in [5.74, 6) is 0. The first-order chi connectivity index (χ1) is 7.60. The van der Waals surface area contributed by atoms with Gasteiger partial charge in [0.15, 0.2) is 0 Å². The number of hydrogen-bond donors (Lipinski definition) is 1. The minimum Gasteiger partial charge on any atom is -0.352 e. The molecule has 1 aromatic rings. The van der Waals surface area contributed by atoms with Crippen LogP contribution in [0.5, 0.6) is 0 Å². The second-order valence-corrected chi connectivity index (χ2v) is 5.39. The van der Waals surface area contributed by atoms with Crippen molar-refractivity contribution in [3.8, 4) is 0 Å². The summed E-state index contributed by atoms with van der Waals surface area (Å²) in [6, 6.07) is 2.35. The predicted molar refractivity (Wildman–Crippen MR) is 68.7 cm³/mol. The molecule has 0 aliphatic heterocycles. The van der Waals surface area contributed by atoms with Gasteiger partial charge in [0.25, 0.3) is 0 Å². The molecule has 0 atom stereocenters. The van der Waals surface area contributed by atoms with Crippen LogP contribution in [0.4, 0.5) is 0 Å². The molecule has 0 aromatic carbocycles. The van der Waals surface area contributed by atoms with Crippen molar-refractivity contribution in [3.63, 3.8) is 0 Å². The van der Waals surface area contributed by atoms with Crippen molar-refractivity contribution in [2.45, 2.75) is 51.4 Å². The molecule has 1 aliphatic carbocycles. The van der Waals surface area contributed by atoms with Crippen LogP contribution in [0.15, 0.2) is 6.07 Å². The van der Waals surface area contributed by atoms with Gasteiger partial charge in [0.1, 0.15) is 0 Å². The SMILES string of the molecule is Cc1cc(C2(CN)CCCCC2)c(C)n1C. The molecule has 0 amide bonds. The van der Waals surface area contributed by atoms with Gasteiger partial charge >= 0.3 is 0 Å². The normalized spacial score (nSPS) is 20.0. The van der Waals surface area contributed by atoms with Gasteiger partial charge in [-0.1, -0.05) is 19.3 Å². The predicted octanol–water partition coefficient (Wildman–Crippen LogP) is 2.80. The fraction of sp³-hybridized carbons (Fsp3) is 0.714. The summed E-state index contributed by atoms with van der Waals surface area (Å²) in [4.78, 5) is 0. The third-order valence-electron chi connectivity index (χ3n) is 4.55. The molecular weight excluding hydrogens is 196 g/mol. The van der Waals surface area contributed by atoms with Crippen molar-refractivity contribution in [2.24, 2.45) is 12.8 Å². The van der Waals surface area contributed by atoms with Crippen molar-refractivity contribution >= 4 is 0 Å². The largest absolute Gasteiger partial charge is 0.352 e. The zero-order chi connectivity index (χ0) is 11.8. The maximum absolute atomic E-state index is 6.09. The van der Waals surface area contributed by atoms with Crippen LogP contribution in [0.2, 0.25) is 0 Å². The van der Waals surface area contributed by atoms with Crippen LogP contribution < -0.4 is 5.73 Å². The number of nitrogens with two attached hydrogens (primary N) is 1.